The monoisotopic (exact) mass is 259 g/mol. The van der Waals surface area contributed by atoms with Gasteiger partial charge >= 0.3 is 0 Å². The number of pyridine rings is 1. The molecule has 0 aliphatic rings. The van der Waals surface area contributed by atoms with Gasteiger partial charge in [-0.15, -0.1) is 0 Å². The first-order chi connectivity index (χ1) is 9.15. The number of methoxy groups -OCH3 is 2. The van der Waals surface area contributed by atoms with E-state index in [9.17, 15) is 5.11 Å². The molecule has 1 aromatic heterocycles. The number of aryl methyl sites for hydroxylation is 1. The molecule has 1 unspecified atom stereocenters. The number of rotatable bonds is 4. The van der Waals surface area contributed by atoms with Gasteiger partial charge in [-0.2, -0.15) is 0 Å². The number of hydrogen-bond donors (Lipinski definition) is 1. The van der Waals surface area contributed by atoms with Crippen LogP contribution >= 0.6 is 0 Å². The molecule has 0 fully saturated rings. The highest BCUT2D eigenvalue weighted by Crippen LogP contribution is 2.30. The van der Waals surface area contributed by atoms with E-state index in [1.54, 1.807) is 32.4 Å². The Balaban J connectivity index is 2.42. The molecule has 0 amide bonds. The Kier molecular flexibility index (Phi) is 4.02. The summed E-state index contributed by atoms with van der Waals surface area (Å²) in [7, 11) is 3.13. The van der Waals surface area contributed by atoms with E-state index in [2.05, 4.69) is 4.98 Å². The molecule has 1 N–H and O–H groups in total. The SMILES string of the molecule is COc1cccc(C(O)c2cc(C)ccc2OC)n1. The topological polar surface area (TPSA) is 51.6 Å². The lowest BCUT2D eigenvalue weighted by Crippen LogP contribution is -2.05. The molecule has 0 bridgehead atoms. The molecule has 1 heterocycles. The first kappa shape index (κ1) is 13.4. The van der Waals surface area contributed by atoms with E-state index in [4.69, 9.17) is 9.47 Å². The number of hydrogen-bond acceptors (Lipinski definition) is 4. The van der Waals surface area contributed by atoms with Crippen molar-refractivity contribution in [1.29, 1.82) is 0 Å². The summed E-state index contributed by atoms with van der Waals surface area (Å²) in [6.45, 7) is 1.97. The first-order valence-electron chi connectivity index (χ1n) is 5.99. The minimum Gasteiger partial charge on any atom is -0.496 e. The van der Waals surface area contributed by atoms with Gasteiger partial charge in [0.1, 0.15) is 11.9 Å². The molecular weight excluding hydrogens is 242 g/mol. The van der Waals surface area contributed by atoms with Gasteiger partial charge in [0.2, 0.25) is 5.88 Å². The van der Waals surface area contributed by atoms with Gasteiger partial charge in [-0.05, 0) is 25.1 Å². The van der Waals surface area contributed by atoms with Crippen molar-refractivity contribution < 1.29 is 14.6 Å². The Morgan fingerprint density at radius 1 is 1.11 bits per heavy atom. The molecule has 0 radical (unpaired) electrons. The fourth-order valence-corrected chi connectivity index (χ4v) is 1.92. The summed E-state index contributed by atoms with van der Waals surface area (Å²) in [4.78, 5) is 4.24. The van der Waals surface area contributed by atoms with Gasteiger partial charge in [-0.25, -0.2) is 4.98 Å². The van der Waals surface area contributed by atoms with E-state index in [0.29, 0.717) is 22.9 Å². The normalized spacial score (nSPS) is 12.0. The molecule has 2 rings (SSSR count). The fraction of sp³-hybridized carbons (Fsp3) is 0.267. The van der Waals surface area contributed by atoms with E-state index in [1.807, 2.05) is 25.1 Å². The third-order valence-corrected chi connectivity index (χ3v) is 2.91. The molecule has 0 aliphatic heterocycles. The van der Waals surface area contributed by atoms with E-state index >= 15 is 0 Å². The van der Waals surface area contributed by atoms with Crippen molar-refractivity contribution in [3.8, 4) is 11.6 Å². The Hall–Kier alpha value is -2.07. The van der Waals surface area contributed by atoms with Gasteiger partial charge in [0.15, 0.2) is 0 Å². The van der Waals surface area contributed by atoms with Crippen LogP contribution in [0, 0.1) is 6.92 Å². The maximum absolute atomic E-state index is 10.5. The molecule has 0 saturated carbocycles. The zero-order valence-corrected chi connectivity index (χ0v) is 11.3. The van der Waals surface area contributed by atoms with Gasteiger partial charge in [0.05, 0.1) is 19.9 Å². The van der Waals surface area contributed by atoms with Crippen LogP contribution in [0.3, 0.4) is 0 Å². The Labute approximate surface area is 112 Å². The molecule has 1 aromatic carbocycles. The van der Waals surface area contributed by atoms with Crippen molar-refractivity contribution in [2.45, 2.75) is 13.0 Å². The predicted molar refractivity (Wildman–Crippen MR) is 72.6 cm³/mol. The zero-order chi connectivity index (χ0) is 13.8. The molecule has 2 aromatic rings. The number of ether oxygens (including phenoxy) is 2. The third-order valence-electron chi connectivity index (χ3n) is 2.91. The summed E-state index contributed by atoms with van der Waals surface area (Å²) < 4.78 is 10.3. The largest absolute Gasteiger partial charge is 0.496 e. The average Bonchev–Trinajstić information content (AvgIpc) is 2.46. The van der Waals surface area contributed by atoms with E-state index in [-0.39, 0.29) is 0 Å². The van der Waals surface area contributed by atoms with Crippen LogP contribution in [0.5, 0.6) is 11.6 Å². The second kappa shape index (κ2) is 5.71. The fourth-order valence-electron chi connectivity index (χ4n) is 1.92. The second-order valence-corrected chi connectivity index (χ2v) is 4.25. The van der Waals surface area contributed by atoms with Crippen LogP contribution in [0.4, 0.5) is 0 Å². The number of benzene rings is 1. The van der Waals surface area contributed by atoms with Crippen molar-refractivity contribution in [3.05, 3.63) is 53.2 Å². The summed E-state index contributed by atoms with van der Waals surface area (Å²) in [5.74, 6) is 1.12. The van der Waals surface area contributed by atoms with E-state index in [1.165, 1.54) is 0 Å². The lowest BCUT2D eigenvalue weighted by atomic mass is 10.0. The van der Waals surface area contributed by atoms with Crippen LogP contribution in [0.1, 0.15) is 22.9 Å². The summed E-state index contributed by atoms with van der Waals surface area (Å²) >= 11 is 0. The smallest absolute Gasteiger partial charge is 0.213 e. The summed E-state index contributed by atoms with van der Waals surface area (Å²) in [5, 5.41) is 10.5. The Morgan fingerprint density at radius 2 is 1.89 bits per heavy atom. The lowest BCUT2D eigenvalue weighted by molar-refractivity contribution is 0.208. The van der Waals surface area contributed by atoms with Gasteiger partial charge in [-0.3, -0.25) is 0 Å². The standard InChI is InChI=1S/C15H17NO3/c1-10-7-8-13(18-2)11(9-10)15(17)12-5-4-6-14(16-12)19-3/h4-9,15,17H,1-3H3. The van der Waals surface area contributed by atoms with Gasteiger partial charge in [0.25, 0.3) is 0 Å². The molecule has 0 saturated heterocycles. The highest BCUT2D eigenvalue weighted by Gasteiger charge is 2.17. The molecule has 100 valence electrons. The van der Waals surface area contributed by atoms with Crippen molar-refractivity contribution in [1.82, 2.24) is 4.98 Å². The predicted octanol–water partition coefficient (Wildman–Crippen LogP) is 2.49. The minimum absolute atomic E-state index is 0.475. The highest BCUT2D eigenvalue weighted by atomic mass is 16.5. The van der Waals surface area contributed by atoms with Crippen molar-refractivity contribution in [2.75, 3.05) is 14.2 Å². The Bertz CT molecular complexity index is 569. The molecule has 19 heavy (non-hydrogen) atoms. The number of aliphatic hydroxyl groups is 1. The third kappa shape index (κ3) is 2.85. The zero-order valence-electron chi connectivity index (χ0n) is 11.3. The van der Waals surface area contributed by atoms with Crippen molar-refractivity contribution in [2.24, 2.45) is 0 Å². The molecule has 0 spiro atoms. The van der Waals surface area contributed by atoms with Gasteiger partial charge < -0.3 is 14.6 Å². The molecule has 1 atom stereocenters. The van der Waals surface area contributed by atoms with E-state index in [0.717, 1.165) is 5.56 Å². The van der Waals surface area contributed by atoms with Crippen molar-refractivity contribution >= 4 is 0 Å². The quantitative estimate of drug-likeness (QED) is 0.916. The van der Waals surface area contributed by atoms with Crippen LogP contribution in [-0.4, -0.2) is 24.3 Å². The van der Waals surface area contributed by atoms with Crippen molar-refractivity contribution in [3.63, 3.8) is 0 Å². The summed E-state index contributed by atoms with van der Waals surface area (Å²) in [6.07, 6.45) is -0.843. The summed E-state index contributed by atoms with van der Waals surface area (Å²) in [6, 6.07) is 11.0. The van der Waals surface area contributed by atoms with Crippen LogP contribution in [0.2, 0.25) is 0 Å². The van der Waals surface area contributed by atoms with Gasteiger partial charge in [0, 0.05) is 11.6 Å². The van der Waals surface area contributed by atoms with E-state index < -0.39 is 6.10 Å². The maximum Gasteiger partial charge on any atom is 0.213 e. The minimum atomic E-state index is -0.843. The molecule has 4 heteroatoms. The highest BCUT2D eigenvalue weighted by molar-refractivity contribution is 5.41. The molecular formula is C15H17NO3. The van der Waals surface area contributed by atoms with Crippen LogP contribution in [0.15, 0.2) is 36.4 Å². The Morgan fingerprint density at radius 3 is 2.58 bits per heavy atom. The van der Waals surface area contributed by atoms with Crippen LogP contribution in [0.25, 0.3) is 0 Å². The molecule has 0 aliphatic carbocycles. The average molecular weight is 259 g/mol. The number of aliphatic hydroxyl groups excluding tert-OH is 1. The summed E-state index contributed by atoms with van der Waals surface area (Å²) in [5.41, 5.74) is 2.28. The second-order valence-electron chi connectivity index (χ2n) is 4.25. The molecule has 4 nitrogen and oxygen atoms in total. The van der Waals surface area contributed by atoms with Crippen LogP contribution in [-0.2, 0) is 0 Å². The maximum atomic E-state index is 10.5. The lowest BCUT2D eigenvalue weighted by Gasteiger charge is -2.15. The number of nitrogens with zero attached hydrogens (tertiary/aromatic N) is 1. The number of aromatic nitrogens is 1. The first-order valence-corrected chi connectivity index (χ1v) is 5.99. The van der Waals surface area contributed by atoms with Gasteiger partial charge in [-0.1, -0.05) is 17.7 Å². The van der Waals surface area contributed by atoms with Crippen LogP contribution < -0.4 is 9.47 Å².